The van der Waals surface area contributed by atoms with Crippen LogP contribution in [0.1, 0.15) is 54.4 Å². The van der Waals surface area contributed by atoms with Gasteiger partial charge in [-0.15, -0.1) is 0 Å². The second-order valence-corrected chi connectivity index (χ2v) is 8.67. The molecule has 0 aliphatic heterocycles. The van der Waals surface area contributed by atoms with E-state index >= 15 is 0 Å². The van der Waals surface area contributed by atoms with Gasteiger partial charge in [0.15, 0.2) is 0 Å². The standard InChI is InChI=1S/2C8H11.2BrH.Zr/c2*1-6-4-7(2)8(3)5-6;;;/h2*4H2,1-3H3;2*1H;/q;;;;+2/p-2. The van der Waals surface area contributed by atoms with E-state index in [4.69, 9.17) is 0 Å². The minimum atomic E-state index is -0.560. The van der Waals surface area contributed by atoms with Crippen LogP contribution >= 0.6 is 0 Å². The second kappa shape index (κ2) is 7.71. The number of hydrogen-bond donors (Lipinski definition) is 0. The van der Waals surface area contributed by atoms with E-state index in [1.54, 1.807) is 40.0 Å². The van der Waals surface area contributed by atoms with Crippen LogP contribution in [-0.2, 0) is 23.2 Å². The maximum absolute atomic E-state index is 2.34. The van der Waals surface area contributed by atoms with Gasteiger partial charge in [0.2, 0.25) is 0 Å². The molecule has 0 atom stereocenters. The second-order valence-electron chi connectivity index (χ2n) is 5.60. The molecule has 0 saturated heterocycles. The van der Waals surface area contributed by atoms with E-state index < -0.39 is 23.2 Å². The van der Waals surface area contributed by atoms with Crippen molar-refractivity contribution in [3.05, 3.63) is 40.0 Å². The summed E-state index contributed by atoms with van der Waals surface area (Å²) in [6.45, 7) is 13.9. The Labute approximate surface area is 150 Å². The van der Waals surface area contributed by atoms with Gasteiger partial charge in [-0.05, 0) is 0 Å². The van der Waals surface area contributed by atoms with E-state index in [-0.39, 0.29) is 34.0 Å². The fourth-order valence-electron chi connectivity index (χ4n) is 2.83. The first-order valence-corrected chi connectivity index (χ1v) is 8.87. The van der Waals surface area contributed by atoms with Gasteiger partial charge in [0.1, 0.15) is 0 Å². The number of hydrogen-bond acceptors (Lipinski definition) is 0. The summed E-state index contributed by atoms with van der Waals surface area (Å²) in [5, 5.41) is 0. The van der Waals surface area contributed by atoms with E-state index in [1.165, 1.54) is 12.8 Å². The molecule has 0 aromatic carbocycles. The van der Waals surface area contributed by atoms with Crippen molar-refractivity contribution in [2.24, 2.45) is 0 Å². The van der Waals surface area contributed by atoms with Crippen LogP contribution in [0.15, 0.2) is 40.0 Å². The van der Waals surface area contributed by atoms with Gasteiger partial charge in [-0.2, -0.15) is 0 Å². The van der Waals surface area contributed by atoms with Gasteiger partial charge in [-0.1, -0.05) is 0 Å². The van der Waals surface area contributed by atoms with Crippen LogP contribution in [0.3, 0.4) is 0 Å². The molecule has 2 aliphatic carbocycles. The summed E-state index contributed by atoms with van der Waals surface area (Å²) in [5.41, 5.74) is 9.76. The molecule has 0 aromatic heterocycles. The predicted octanol–water partition coefficient (Wildman–Crippen LogP) is -0.895. The summed E-state index contributed by atoms with van der Waals surface area (Å²) >= 11 is -0.560. The van der Waals surface area contributed by atoms with Crippen molar-refractivity contribution >= 4 is 0 Å². The molecule has 0 saturated carbocycles. The Balaban J connectivity index is 0.00000162. The van der Waals surface area contributed by atoms with E-state index in [0.717, 1.165) is 0 Å². The fourth-order valence-corrected chi connectivity index (χ4v) is 6.90. The topological polar surface area (TPSA) is 0 Å². The van der Waals surface area contributed by atoms with Gasteiger partial charge in [-0.3, -0.25) is 0 Å². The third-order valence-corrected chi connectivity index (χ3v) is 9.37. The van der Waals surface area contributed by atoms with Crippen LogP contribution in [0.5, 0.6) is 0 Å². The Bertz CT molecular complexity index is 459. The Kier molecular flexibility index (Phi) is 8.04. The molecule has 2 rings (SSSR count). The van der Waals surface area contributed by atoms with Crippen molar-refractivity contribution in [1.82, 2.24) is 0 Å². The van der Waals surface area contributed by atoms with Crippen molar-refractivity contribution in [3.63, 3.8) is 0 Å². The van der Waals surface area contributed by atoms with Crippen LogP contribution in [0.2, 0.25) is 0 Å². The van der Waals surface area contributed by atoms with Crippen LogP contribution in [0.4, 0.5) is 0 Å². The average molecular weight is 465 g/mol. The van der Waals surface area contributed by atoms with Crippen molar-refractivity contribution in [3.8, 4) is 0 Å². The predicted molar refractivity (Wildman–Crippen MR) is 71.4 cm³/mol. The maximum atomic E-state index is 2.34. The summed E-state index contributed by atoms with van der Waals surface area (Å²) < 4.78 is 3.55. The number of halogens is 2. The number of rotatable bonds is 2. The minimum absolute atomic E-state index is 0. The van der Waals surface area contributed by atoms with Crippen LogP contribution in [0, 0.1) is 0 Å². The smallest absolute Gasteiger partial charge is 1.00 e. The van der Waals surface area contributed by atoms with E-state index in [0.29, 0.717) is 0 Å². The van der Waals surface area contributed by atoms with Crippen molar-refractivity contribution in [1.29, 1.82) is 0 Å². The van der Waals surface area contributed by atoms with Gasteiger partial charge < -0.3 is 34.0 Å². The first-order chi connectivity index (χ1) is 7.91. The Morgan fingerprint density at radius 3 is 1.11 bits per heavy atom. The van der Waals surface area contributed by atoms with Crippen LogP contribution in [-0.4, -0.2) is 0 Å². The third kappa shape index (κ3) is 3.92. The molecule has 0 N–H and O–H groups in total. The molecule has 0 nitrogen and oxygen atoms in total. The molecule has 0 unspecified atom stereocenters. The Hall–Kier alpha value is 0.803. The fraction of sp³-hybridized carbons (Fsp3) is 0.500. The summed E-state index contributed by atoms with van der Waals surface area (Å²) in [6.07, 6.45) is 2.46. The normalized spacial score (nSPS) is 18.8. The zero-order chi connectivity index (χ0) is 12.7. The van der Waals surface area contributed by atoms with Gasteiger partial charge in [0.05, 0.1) is 0 Å². The molecule has 2 aliphatic rings. The minimum Gasteiger partial charge on any atom is -1.00 e. The van der Waals surface area contributed by atoms with Gasteiger partial charge in [0.25, 0.3) is 0 Å². The van der Waals surface area contributed by atoms with Gasteiger partial charge >= 0.3 is 118 Å². The average Bonchev–Trinajstić information content (AvgIpc) is 2.62. The summed E-state index contributed by atoms with van der Waals surface area (Å²) in [4.78, 5) is 0. The van der Waals surface area contributed by atoms with Crippen molar-refractivity contribution < 1.29 is 57.2 Å². The molecular weight excluding hydrogens is 443 g/mol. The molecule has 0 radical (unpaired) electrons. The van der Waals surface area contributed by atoms with Crippen LogP contribution in [0.25, 0.3) is 0 Å². The number of allylic oxidation sites excluding steroid dienone is 8. The maximum Gasteiger partial charge on any atom is -1.00 e. The first-order valence-electron chi connectivity index (χ1n) is 6.41. The Morgan fingerprint density at radius 1 is 0.579 bits per heavy atom. The van der Waals surface area contributed by atoms with Crippen molar-refractivity contribution in [2.45, 2.75) is 54.4 Å². The monoisotopic (exact) mass is 462 g/mol. The molecule has 3 heteroatoms. The first kappa shape index (κ1) is 19.8. The molecule has 0 spiro atoms. The zero-order valence-corrected chi connectivity index (χ0v) is 18.3. The van der Waals surface area contributed by atoms with Crippen LogP contribution < -0.4 is 34.0 Å². The Morgan fingerprint density at radius 2 is 0.895 bits per heavy atom. The van der Waals surface area contributed by atoms with E-state index in [9.17, 15) is 0 Å². The summed E-state index contributed by atoms with van der Waals surface area (Å²) in [6, 6.07) is 0. The SMILES string of the molecule is CC1=C(C)[C]([Zr+2][C]2=C(C)CC(C)=C2C)=C(C)C1.[Br-].[Br-]. The molecule has 0 amide bonds. The van der Waals surface area contributed by atoms with Gasteiger partial charge in [0, 0.05) is 0 Å². The molecule has 19 heavy (non-hydrogen) atoms. The summed E-state index contributed by atoms with van der Waals surface area (Å²) in [5.74, 6) is 0. The van der Waals surface area contributed by atoms with E-state index in [2.05, 4.69) is 41.5 Å². The summed E-state index contributed by atoms with van der Waals surface area (Å²) in [7, 11) is 0. The molecule has 0 heterocycles. The molecule has 104 valence electrons. The molecule has 0 aromatic rings. The largest absolute Gasteiger partial charge is 1.00 e. The quantitative estimate of drug-likeness (QED) is 0.497. The van der Waals surface area contributed by atoms with Crippen molar-refractivity contribution in [2.75, 3.05) is 0 Å². The molecular formula is C16H22Br2Zr. The zero-order valence-electron chi connectivity index (χ0n) is 12.7. The van der Waals surface area contributed by atoms with E-state index in [1.807, 2.05) is 0 Å². The third-order valence-electron chi connectivity index (χ3n) is 4.19. The molecule has 0 fully saturated rings. The molecule has 0 bridgehead atoms. The van der Waals surface area contributed by atoms with Gasteiger partial charge in [-0.25, -0.2) is 0 Å².